The van der Waals surface area contributed by atoms with E-state index in [2.05, 4.69) is 26.0 Å². The summed E-state index contributed by atoms with van der Waals surface area (Å²) in [5.74, 6) is 1.32. The predicted molar refractivity (Wildman–Crippen MR) is 120 cm³/mol. The van der Waals surface area contributed by atoms with Crippen molar-refractivity contribution in [1.29, 1.82) is 5.26 Å². The Labute approximate surface area is 191 Å². The zero-order chi connectivity index (χ0) is 23.3. The third-order valence-corrected chi connectivity index (χ3v) is 5.95. The molecule has 0 amide bonds. The lowest BCUT2D eigenvalue weighted by Gasteiger charge is -2.47. The summed E-state index contributed by atoms with van der Waals surface area (Å²) >= 11 is 0. The third kappa shape index (κ3) is 3.60. The van der Waals surface area contributed by atoms with Gasteiger partial charge in [-0.05, 0) is 33.0 Å². The monoisotopic (exact) mass is 447 g/mol. The number of aromatic nitrogens is 4. The summed E-state index contributed by atoms with van der Waals surface area (Å²) in [6, 6.07) is 8.17. The van der Waals surface area contributed by atoms with Gasteiger partial charge in [0.25, 0.3) is 5.88 Å². The number of hydrogen-bond donors (Lipinski definition) is 1. The highest BCUT2D eigenvalue weighted by Gasteiger charge is 2.46. The number of nitrogens with zero attached hydrogens (tertiary/aromatic N) is 6. The molecule has 0 unspecified atom stereocenters. The SMILES string of the molecule is Cc1ccc2c(c1)[C@@H](C)Oc1nc(cnc1N)-c1c(nn(C)c1C#N)OCC1(CN(C)C1)O2. The normalized spacial score (nSPS) is 19.2. The van der Waals surface area contributed by atoms with Crippen molar-refractivity contribution in [2.75, 3.05) is 32.5 Å². The largest absolute Gasteiger partial charge is 0.481 e. The lowest BCUT2D eigenvalue weighted by Crippen LogP contribution is -2.66. The topological polar surface area (TPSA) is 124 Å². The number of anilines is 1. The van der Waals surface area contributed by atoms with Gasteiger partial charge >= 0.3 is 0 Å². The van der Waals surface area contributed by atoms with Crippen LogP contribution in [0.5, 0.6) is 17.5 Å². The Kier molecular flexibility index (Phi) is 4.87. The van der Waals surface area contributed by atoms with Crippen molar-refractivity contribution in [3.63, 3.8) is 0 Å². The van der Waals surface area contributed by atoms with E-state index >= 15 is 0 Å². The zero-order valence-electron chi connectivity index (χ0n) is 19.0. The van der Waals surface area contributed by atoms with Crippen molar-refractivity contribution in [2.24, 2.45) is 7.05 Å². The standard InChI is InChI=1S/C23H25N7O3/c1-13-5-6-18-15(7-13)14(2)32-22-20(25)26-9-16(27-22)19-17(8-24)30(4)28-21(19)31-12-23(33-18)10-29(3)11-23/h5-7,9,14H,10-12H2,1-4H3,(H2,25,26)/t14-/m1/s1. The fraction of sp³-hybridized carbons (Fsp3) is 0.391. The number of nitrogens with two attached hydrogens (primary N) is 1. The van der Waals surface area contributed by atoms with E-state index in [4.69, 9.17) is 19.9 Å². The summed E-state index contributed by atoms with van der Waals surface area (Å²) in [6.07, 6.45) is 1.09. The van der Waals surface area contributed by atoms with Crippen molar-refractivity contribution in [3.05, 3.63) is 41.2 Å². The van der Waals surface area contributed by atoms with E-state index in [1.807, 2.05) is 39.1 Å². The summed E-state index contributed by atoms with van der Waals surface area (Å²) in [5, 5.41) is 14.2. The minimum absolute atomic E-state index is 0.151. The third-order valence-electron chi connectivity index (χ3n) is 5.95. The first-order chi connectivity index (χ1) is 15.8. The van der Waals surface area contributed by atoms with Crippen molar-refractivity contribution in [2.45, 2.75) is 25.6 Å². The van der Waals surface area contributed by atoms with E-state index in [9.17, 15) is 5.26 Å². The second-order valence-electron chi connectivity index (χ2n) is 8.76. The van der Waals surface area contributed by atoms with Crippen LogP contribution in [0.3, 0.4) is 0 Å². The van der Waals surface area contributed by atoms with Crippen LogP contribution in [-0.2, 0) is 7.05 Å². The van der Waals surface area contributed by atoms with Crippen molar-refractivity contribution >= 4 is 5.82 Å². The first kappa shape index (κ1) is 21.0. The molecule has 2 N–H and O–H groups in total. The Morgan fingerprint density at radius 2 is 2.03 bits per heavy atom. The summed E-state index contributed by atoms with van der Waals surface area (Å²) in [6.45, 7) is 5.56. The first-order valence-electron chi connectivity index (χ1n) is 10.7. The highest BCUT2D eigenvalue weighted by Crippen LogP contribution is 2.39. The molecule has 170 valence electrons. The van der Waals surface area contributed by atoms with Crippen LogP contribution in [0, 0.1) is 18.3 Å². The molecule has 0 radical (unpaired) electrons. The number of benzene rings is 1. The van der Waals surface area contributed by atoms with Crippen LogP contribution in [0.15, 0.2) is 24.4 Å². The Morgan fingerprint density at radius 3 is 2.76 bits per heavy atom. The maximum Gasteiger partial charge on any atom is 0.258 e. The second kappa shape index (κ2) is 7.64. The van der Waals surface area contributed by atoms with Crippen LogP contribution in [-0.4, -0.2) is 57.0 Å². The lowest BCUT2D eigenvalue weighted by molar-refractivity contribution is -0.0917. The molecule has 33 heavy (non-hydrogen) atoms. The van der Waals surface area contributed by atoms with Gasteiger partial charge in [-0.15, -0.1) is 5.10 Å². The van der Waals surface area contributed by atoms with E-state index in [1.165, 1.54) is 10.9 Å². The highest BCUT2D eigenvalue weighted by atomic mass is 16.6. The van der Waals surface area contributed by atoms with E-state index in [0.717, 1.165) is 11.1 Å². The van der Waals surface area contributed by atoms with Crippen molar-refractivity contribution in [3.8, 4) is 34.8 Å². The summed E-state index contributed by atoms with van der Waals surface area (Å²) < 4.78 is 20.4. The van der Waals surface area contributed by atoms with E-state index in [1.54, 1.807) is 7.05 Å². The zero-order valence-corrected chi connectivity index (χ0v) is 19.0. The van der Waals surface area contributed by atoms with Gasteiger partial charge in [0.15, 0.2) is 17.1 Å². The molecule has 10 nitrogen and oxygen atoms in total. The molecule has 0 aliphatic carbocycles. The lowest BCUT2D eigenvalue weighted by atomic mass is 9.95. The smallest absolute Gasteiger partial charge is 0.258 e. The minimum atomic E-state index is -0.572. The van der Waals surface area contributed by atoms with Crippen LogP contribution >= 0.6 is 0 Å². The molecule has 1 aromatic carbocycles. The molecule has 2 aliphatic heterocycles. The average Bonchev–Trinajstić information content (AvgIpc) is 3.08. The van der Waals surface area contributed by atoms with Gasteiger partial charge in [-0.3, -0.25) is 9.58 Å². The highest BCUT2D eigenvalue weighted by molar-refractivity contribution is 5.71. The molecule has 1 saturated heterocycles. The summed E-state index contributed by atoms with van der Waals surface area (Å²) in [5.41, 5.74) is 8.62. The van der Waals surface area contributed by atoms with Crippen molar-refractivity contribution in [1.82, 2.24) is 24.6 Å². The van der Waals surface area contributed by atoms with Gasteiger partial charge in [-0.1, -0.05) is 11.6 Å². The molecule has 4 heterocycles. The maximum absolute atomic E-state index is 9.76. The number of fused-ring (bicyclic) bond motifs is 5. The fourth-order valence-corrected chi connectivity index (χ4v) is 4.41. The van der Waals surface area contributed by atoms with Crippen molar-refractivity contribution < 1.29 is 14.2 Å². The van der Waals surface area contributed by atoms with Gasteiger partial charge in [0, 0.05) is 25.7 Å². The van der Waals surface area contributed by atoms with Crippen LogP contribution in [0.2, 0.25) is 0 Å². The molecule has 2 aromatic heterocycles. The number of ether oxygens (including phenoxy) is 3. The van der Waals surface area contributed by atoms with Crippen LogP contribution in [0.4, 0.5) is 5.82 Å². The van der Waals surface area contributed by atoms with E-state index in [-0.39, 0.29) is 24.2 Å². The Bertz CT molecular complexity index is 1270. The van der Waals surface area contributed by atoms with E-state index in [0.29, 0.717) is 35.8 Å². The van der Waals surface area contributed by atoms with Crippen LogP contribution < -0.4 is 19.9 Å². The quantitative estimate of drug-likeness (QED) is 0.552. The molecule has 1 fully saturated rings. The minimum Gasteiger partial charge on any atom is -0.481 e. The van der Waals surface area contributed by atoms with Gasteiger partial charge < -0.3 is 19.9 Å². The molecule has 1 atom stereocenters. The Balaban J connectivity index is 1.68. The number of likely N-dealkylation sites (tertiary alicyclic amines) is 1. The number of rotatable bonds is 0. The molecular formula is C23H25N7O3. The predicted octanol–water partition coefficient (Wildman–Crippen LogP) is 2.23. The fourth-order valence-electron chi connectivity index (χ4n) is 4.41. The second-order valence-corrected chi connectivity index (χ2v) is 8.76. The van der Waals surface area contributed by atoms with Gasteiger partial charge in [0.05, 0.1) is 6.20 Å². The Morgan fingerprint density at radius 1 is 1.24 bits per heavy atom. The molecular weight excluding hydrogens is 422 g/mol. The molecule has 0 saturated carbocycles. The summed E-state index contributed by atoms with van der Waals surface area (Å²) in [7, 11) is 3.71. The van der Waals surface area contributed by atoms with Gasteiger partial charge in [-0.2, -0.15) is 5.26 Å². The average molecular weight is 447 g/mol. The van der Waals surface area contributed by atoms with Gasteiger partial charge in [0.2, 0.25) is 5.88 Å². The number of aryl methyl sites for hydroxylation is 2. The number of likely N-dealkylation sites (N-methyl/N-ethyl adjacent to an activating group) is 1. The van der Waals surface area contributed by atoms with E-state index < -0.39 is 11.7 Å². The molecule has 5 rings (SSSR count). The number of nitriles is 1. The molecule has 10 heteroatoms. The molecule has 1 spiro atoms. The molecule has 2 aliphatic rings. The van der Waals surface area contributed by atoms with Gasteiger partial charge in [0.1, 0.15) is 35.8 Å². The van der Waals surface area contributed by atoms with Crippen LogP contribution in [0.1, 0.15) is 29.8 Å². The maximum atomic E-state index is 9.76. The van der Waals surface area contributed by atoms with Crippen LogP contribution in [0.25, 0.3) is 11.3 Å². The molecule has 2 bridgehead atoms. The summed E-state index contributed by atoms with van der Waals surface area (Å²) in [4.78, 5) is 11.0. The van der Waals surface area contributed by atoms with Gasteiger partial charge in [-0.25, -0.2) is 9.97 Å². The first-order valence-corrected chi connectivity index (χ1v) is 10.7. The number of nitrogen functional groups attached to an aromatic ring is 1. The Hall–Kier alpha value is -3.84. The number of hydrogen-bond acceptors (Lipinski definition) is 9. The molecule has 3 aromatic rings.